The largest absolute Gasteiger partial charge is 0.497 e. The van der Waals surface area contributed by atoms with Crippen LogP contribution >= 0.6 is 11.6 Å². The molecule has 2 atom stereocenters. The molecule has 4 nitrogen and oxygen atoms in total. The maximum Gasteiger partial charge on any atom is 0.194 e. The quantitative estimate of drug-likeness (QED) is 0.131. The summed E-state index contributed by atoms with van der Waals surface area (Å²) < 4.78 is 12.1. The van der Waals surface area contributed by atoms with Crippen LogP contribution in [0, 0.1) is 0 Å². The first-order valence-electron chi connectivity index (χ1n) is 13.9. The normalized spacial score (nSPS) is 12.6. The number of Topliss-reactive ketones (excluding diaryl/α,β-unsaturated/α-hetero) is 1. The van der Waals surface area contributed by atoms with Gasteiger partial charge in [-0.1, -0.05) is 103 Å². The Kier molecular flexibility index (Phi) is 8.18. The first kappa shape index (κ1) is 27.5. The molecule has 0 heterocycles. The van der Waals surface area contributed by atoms with Crippen molar-refractivity contribution in [3.05, 3.63) is 155 Å². The lowest BCUT2D eigenvalue weighted by molar-refractivity contribution is 0.0267. The molecule has 0 aliphatic rings. The Balaban J connectivity index is 1.44. The maximum atomic E-state index is 14.3. The Morgan fingerprint density at radius 3 is 1.95 bits per heavy atom. The summed E-state index contributed by atoms with van der Waals surface area (Å²) in [7, 11) is 1.64. The molecule has 6 rings (SSSR count). The van der Waals surface area contributed by atoms with Gasteiger partial charge in [-0.2, -0.15) is 0 Å². The number of benzene rings is 6. The highest BCUT2D eigenvalue weighted by Gasteiger charge is 2.32. The number of carbonyl (C=O) groups is 1. The van der Waals surface area contributed by atoms with Crippen molar-refractivity contribution in [3.63, 3.8) is 0 Å². The van der Waals surface area contributed by atoms with E-state index >= 15 is 0 Å². The van der Waals surface area contributed by atoms with Crippen molar-refractivity contribution in [1.82, 2.24) is 0 Å². The number of methoxy groups -OCH3 is 1. The van der Waals surface area contributed by atoms with Gasteiger partial charge in [-0.15, -0.1) is 0 Å². The number of carbonyl (C=O) groups excluding carboxylic acids is 1. The predicted octanol–water partition coefficient (Wildman–Crippen LogP) is 9.28. The van der Waals surface area contributed by atoms with Crippen molar-refractivity contribution in [2.45, 2.75) is 18.8 Å². The molecule has 0 saturated heterocycles. The number of halogens is 1. The number of nitrogens with one attached hydrogen (secondary N) is 1. The second-order valence-electron chi connectivity index (χ2n) is 10.2. The van der Waals surface area contributed by atoms with Gasteiger partial charge in [-0.3, -0.25) is 4.79 Å². The molecule has 0 unspecified atom stereocenters. The van der Waals surface area contributed by atoms with Crippen LogP contribution in [0.3, 0.4) is 0 Å². The second kappa shape index (κ2) is 12.5. The Morgan fingerprint density at radius 1 is 0.738 bits per heavy atom. The van der Waals surface area contributed by atoms with E-state index in [9.17, 15) is 4.79 Å². The van der Waals surface area contributed by atoms with E-state index in [1.54, 1.807) is 7.11 Å². The van der Waals surface area contributed by atoms with Gasteiger partial charge in [0.15, 0.2) is 5.78 Å². The Bertz CT molecular complexity index is 1770. The first-order chi connectivity index (χ1) is 20.6. The third kappa shape index (κ3) is 5.87. The number of hydrogen-bond donors (Lipinski definition) is 1. The number of anilines is 1. The number of rotatable bonds is 10. The molecule has 0 bridgehead atoms. The molecular weight excluding hydrogens is 542 g/mol. The zero-order chi connectivity index (χ0) is 28.9. The van der Waals surface area contributed by atoms with Crippen molar-refractivity contribution in [2.24, 2.45) is 0 Å². The van der Waals surface area contributed by atoms with Gasteiger partial charge in [-0.05, 0) is 75.1 Å². The van der Waals surface area contributed by atoms with Gasteiger partial charge in [0.1, 0.15) is 11.9 Å². The monoisotopic (exact) mass is 571 g/mol. The second-order valence-corrected chi connectivity index (χ2v) is 10.6. The minimum absolute atomic E-state index is 0.110. The van der Waals surface area contributed by atoms with E-state index in [1.165, 1.54) is 0 Å². The highest BCUT2D eigenvalue weighted by molar-refractivity contribution is 6.30. The van der Waals surface area contributed by atoms with Crippen LogP contribution < -0.4 is 10.1 Å². The van der Waals surface area contributed by atoms with Crippen LogP contribution in [-0.2, 0) is 11.3 Å². The smallest absolute Gasteiger partial charge is 0.194 e. The number of fused-ring (bicyclic) bond motifs is 2. The van der Waals surface area contributed by atoms with Gasteiger partial charge >= 0.3 is 0 Å². The van der Waals surface area contributed by atoms with Gasteiger partial charge in [0.2, 0.25) is 0 Å². The third-order valence-electron chi connectivity index (χ3n) is 7.55. The lowest BCUT2D eigenvalue weighted by Crippen LogP contribution is -2.35. The maximum absolute atomic E-state index is 14.3. The first-order valence-corrected chi connectivity index (χ1v) is 14.2. The molecular formula is C37H30ClNO3. The van der Waals surface area contributed by atoms with Gasteiger partial charge in [0, 0.05) is 16.3 Å². The van der Waals surface area contributed by atoms with Crippen LogP contribution in [0.15, 0.2) is 133 Å². The third-order valence-corrected chi connectivity index (χ3v) is 7.80. The summed E-state index contributed by atoms with van der Waals surface area (Å²) in [5, 5.41) is 8.68. The van der Waals surface area contributed by atoms with Gasteiger partial charge in [-0.25, -0.2) is 0 Å². The number of ether oxygens (including phenoxy) is 2. The van der Waals surface area contributed by atoms with Gasteiger partial charge in [0.05, 0.1) is 19.8 Å². The minimum atomic E-state index is -0.853. The molecule has 0 spiro atoms. The highest BCUT2D eigenvalue weighted by atomic mass is 35.5. The Hall–Kier alpha value is -4.64. The molecule has 0 radical (unpaired) electrons. The molecule has 0 fully saturated rings. The summed E-state index contributed by atoms with van der Waals surface area (Å²) in [5.74, 6) is 0.640. The predicted molar refractivity (Wildman–Crippen MR) is 172 cm³/mol. The van der Waals surface area contributed by atoms with Crippen LogP contribution in [0.25, 0.3) is 21.5 Å². The van der Waals surface area contributed by atoms with Crippen LogP contribution in [-0.4, -0.2) is 19.0 Å². The zero-order valence-corrected chi connectivity index (χ0v) is 23.9. The summed E-state index contributed by atoms with van der Waals surface area (Å²) in [5.41, 5.74) is 3.35. The molecule has 0 amide bonds. The van der Waals surface area contributed by atoms with E-state index in [-0.39, 0.29) is 12.4 Å². The molecule has 0 aromatic heterocycles. The van der Waals surface area contributed by atoms with Crippen LogP contribution in [0.1, 0.15) is 27.5 Å². The highest BCUT2D eigenvalue weighted by Crippen LogP contribution is 2.33. The average molecular weight is 572 g/mol. The molecule has 42 heavy (non-hydrogen) atoms. The molecule has 1 N–H and O–H groups in total. The van der Waals surface area contributed by atoms with Gasteiger partial charge in [0.25, 0.3) is 0 Å². The number of ketones is 1. The molecule has 5 heteroatoms. The topological polar surface area (TPSA) is 47.6 Å². The fourth-order valence-corrected chi connectivity index (χ4v) is 5.52. The summed E-state index contributed by atoms with van der Waals surface area (Å²) in [6.07, 6.45) is -0.853. The number of hydrogen-bond acceptors (Lipinski definition) is 4. The molecule has 6 aromatic carbocycles. The van der Waals surface area contributed by atoms with Crippen molar-refractivity contribution >= 4 is 44.6 Å². The minimum Gasteiger partial charge on any atom is -0.497 e. The fourth-order valence-electron chi connectivity index (χ4n) is 5.40. The van der Waals surface area contributed by atoms with E-state index in [1.807, 2.05) is 103 Å². The van der Waals surface area contributed by atoms with Crippen molar-refractivity contribution in [2.75, 3.05) is 12.4 Å². The lowest BCUT2D eigenvalue weighted by atomic mass is 9.93. The van der Waals surface area contributed by atoms with Crippen molar-refractivity contribution in [1.29, 1.82) is 0 Å². The lowest BCUT2D eigenvalue weighted by Gasteiger charge is -2.29. The zero-order valence-electron chi connectivity index (χ0n) is 23.2. The molecule has 6 aromatic rings. The van der Waals surface area contributed by atoms with E-state index in [4.69, 9.17) is 21.1 Å². The Morgan fingerprint density at radius 2 is 1.33 bits per heavy atom. The van der Waals surface area contributed by atoms with E-state index in [0.29, 0.717) is 10.6 Å². The Labute approximate surface area is 250 Å². The average Bonchev–Trinajstić information content (AvgIpc) is 3.04. The summed E-state index contributed by atoms with van der Waals surface area (Å²) in [6, 6.07) is 42.8. The van der Waals surface area contributed by atoms with Crippen molar-refractivity contribution in [3.8, 4) is 5.75 Å². The standard InChI is InChI=1S/C37H30ClNO3/c1-41-31-21-19-30(20-22-31)39-35(25-15-17-29(38)18-16-25)37(36(40)26-9-3-2-4-10-26)42-24-34-32-13-7-5-11-27(32)23-28-12-6-8-14-33(28)34/h2-23,35,37,39H,24H2,1H3/t35-,37+/m1/s1. The molecule has 0 aliphatic carbocycles. The van der Waals surface area contributed by atoms with E-state index in [2.05, 4.69) is 35.6 Å². The van der Waals surface area contributed by atoms with Gasteiger partial charge < -0.3 is 14.8 Å². The van der Waals surface area contributed by atoms with E-state index < -0.39 is 12.1 Å². The van der Waals surface area contributed by atoms with Crippen LogP contribution in [0.4, 0.5) is 5.69 Å². The summed E-state index contributed by atoms with van der Waals surface area (Å²) in [4.78, 5) is 14.3. The van der Waals surface area contributed by atoms with E-state index in [0.717, 1.165) is 44.1 Å². The van der Waals surface area contributed by atoms with Crippen LogP contribution in [0.5, 0.6) is 5.75 Å². The SMILES string of the molecule is COc1ccc(N[C@H](c2ccc(Cl)cc2)[C@H](OCc2c3ccccc3cc3ccccc23)C(=O)c2ccccc2)cc1. The fraction of sp³-hybridized carbons (Fsp3) is 0.108. The van der Waals surface area contributed by atoms with Crippen molar-refractivity contribution < 1.29 is 14.3 Å². The molecule has 0 saturated carbocycles. The summed E-state index contributed by atoms with van der Waals surface area (Å²) >= 11 is 6.27. The van der Waals surface area contributed by atoms with Crippen LogP contribution in [0.2, 0.25) is 5.02 Å². The molecule has 0 aliphatic heterocycles. The molecule has 208 valence electrons. The summed E-state index contributed by atoms with van der Waals surface area (Å²) in [6.45, 7) is 0.249.